The van der Waals surface area contributed by atoms with E-state index in [1.165, 1.54) is 16.7 Å². The van der Waals surface area contributed by atoms with Gasteiger partial charge in [0.15, 0.2) is 11.0 Å². The second-order valence-corrected chi connectivity index (χ2v) is 8.39. The van der Waals surface area contributed by atoms with Crippen molar-refractivity contribution in [3.05, 3.63) is 101 Å². The van der Waals surface area contributed by atoms with Crippen molar-refractivity contribution in [3.63, 3.8) is 0 Å². The lowest BCUT2D eigenvalue weighted by Gasteiger charge is -2.15. The van der Waals surface area contributed by atoms with Crippen LogP contribution in [0.15, 0.2) is 84.0 Å². The number of carbonyl (C=O) groups is 2. The quantitative estimate of drug-likeness (QED) is 0.301. The van der Waals surface area contributed by atoms with Crippen molar-refractivity contribution in [1.82, 2.24) is 19.7 Å². The van der Waals surface area contributed by atoms with E-state index in [2.05, 4.69) is 10.2 Å². The summed E-state index contributed by atoms with van der Waals surface area (Å²) in [6, 6.07) is 24.3. The molecule has 0 saturated heterocycles. The van der Waals surface area contributed by atoms with Crippen molar-refractivity contribution in [1.29, 1.82) is 0 Å². The first-order valence-corrected chi connectivity index (χ1v) is 11.4. The van der Waals surface area contributed by atoms with Crippen LogP contribution < -0.4 is 4.74 Å². The molecule has 164 valence electrons. The van der Waals surface area contributed by atoms with Gasteiger partial charge in [-0.15, -0.1) is 10.2 Å². The van der Waals surface area contributed by atoms with Crippen LogP contribution in [0.4, 0.5) is 0 Å². The molecule has 0 unspecified atom stereocenters. The van der Waals surface area contributed by atoms with Gasteiger partial charge in [0.1, 0.15) is 12.4 Å². The molecular weight excluding hydrogens is 436 g/mol. The second-order valence-electron chi connectivity index (χ2n) is 7.48. The van der Waals surface area contributed by atoms with Crippen LogP contribution in [0.3, 0.4) is 0 Å². The lowest BCUT2D eigenvalue weighted by atomic mass is 10.1. The third kappa shape index (κ3) is 4.01. The van der Waals surface area contributed by atoms with E-state index in [1.807, 2.05) is 66.1 Å². The van der Waals surface area contributed by atoms with E-state index < -0.39 is 0 Å². The molecule has 2 heterocycles. The number of aromatic nitrogens is 3. The lowest BCUT2D eigenvalue weighted by molar-refractivity contribution is 0.0684. The summed E-state index contributed by atoms with van der Waals surface area (Å²) in [4.78, 5) is 26.7. The predicted molar refractivity (Wildman–Crippen MR) is 125 cm³/mol. The van der Waals surface area contributed by atoms with Crippen molar-refractivity contribution in [2.24, 2.45) is 0 Å². The van der Waals surface area contributed by atoms with E-state index in [0.717, 1.165) is 17.0 Å². The van der Waals surface area contributed by atoms with E-state index in [0.29, 0.717) is 22.1 Å². The van der Waals surface area contributed by atoms with Gasteiger partial charge in [-0.1, -0.05) is 60.3 Å². The molecule has 8 heteroatoms. The van der Waals surface area contributed by atoms with Gasteiger partial charge in [-0.05, 0) is 42.8 Å². The maximum absolute atomic E-state index is 12.7. The fourth-order valence-corrected chi connectivity index (χ4v) is 4.58. The Morgan fingerprint density at radius 3 is 2.15 bits per heavy atom. The van der Waals surface area contributed by atoms with Crippen molar-refractivity contribution >= 4 is 23.6 Å². The summed E-state index contributed by atoms with van der Waals surface area (Å²) in [5, 5.41) is 9.24. The van der Waals surface area contributed by atoms with Crippen LogP contribution >= 0.6 is 11.8 Å². The first-order valence-electron chi connectivity index (χ1n) is 10.4. The summed E-state index contributed by atoms with van der Waals surface area (Å²) in [5.41, 5.74) is 2.76. The minimum absolute atomic E-state index is 0.135. The van der Waals surface area contributed by atoms with Gasteiger partial charge in [-0.25, -0.2) is 0 Å². The molecule has 5 rings (SSSR count). The summed E-state index contributed by atoms with van der Waals surface area (Å²) in [6.45, 7) is 2.21. The molecule has 0 N–H and O–H groups in total. The highest BCUT2D eigenvalue weighted by molar-refractivity contribution is 7.99. The Hall–Kier alpha value is -3.91. The van der Waals surface area contributed by atoms with Crippen molar-refractivity contribution in [2.75, 3.05) is 5.88 Å². The number of carbonyl (C=O) groups excluding carboxylic acids is 2. The molecule has 0 radical (unpaired) electrons. The molecule has 0 saturated carbocycles. The summed E-state index contributed by atoms with van der Waals surface area (Å²) < 4.78 is 7.89. The number of ether oxygens (including phenoxy) is 1. The zero-order valence-electron chi connectivity index (χ0n) is 17.8. The Balaban J connectivity index is 1.39. The molecule has 0 aliphatic carbocycles. The molecule has 0 atom stereocenters. The second kappa shape index (κ2) is 8.91. The molecule has 1 aliphatic heterocycles. The number of fused-ring (bicyclic) bond motifs is 1. The number of para-hydroxylation sites is 2. The number of amides is 2. The summed E-state index contributed by atoms with van der Waals surface area (Å²) in [7, 11) is 0. The first-order chi connectivity index (χ1) is 16.1. The Labute approximate surface area is 195 Å². The molecule has 0 fully saturated rings. The standard InChI is InChI=1S/C25H20N4O3S/c1-17-9-5-8-14-21(17)32-15-22-26-27-25(29(22)18-10-3-2-4-11-18)33-16-28-23(30)19-12-6-7-13-20(19)24(28)31/h2-14H,15-16H2,1H3. The number of benzene rings is 3. The molecule has 0 bridgehead atoms. The van der Waals surface area contributed by atoms with Crippen molar-refractivity contribution in [3.8, 4) is 11.4 Å². The number of imide groups is 1. The molecule has 0 spiro atoms. The topological polar surface area (TPSA) is 77.3 Å². The Bertz CT molecular complexity index is 1300. The fourth-order valence-electron chi connectivity index (χ4n) is 3.66. The Kier molecular flexibility index (Phi) is 5.66. The van der Waals surface area contributed by atoms with Gasteiger partial charge < -0.3 is 4.74 Å². The number of nitrogens with zero attached hydrogens (tertiary/aromatic N) is 4. The maximum atomic E-state index is 12.7. The smallest absolute Gasteiger partial charge is 0.262 e. The summed E-state index contributed by atoms with van der Waals surface area (Å²) >= 11 is 1.28. The Morgan fingerprint density at radius 2 is 1.45 bits per heavy atom. The zero-order valence-corrected chi connectivity index (χ0v) is 18.7. The SMILES string of the molecule is Cc1ccccc1OCc1nnc(SCN2C(=O)c3ccccc3C2=O)n1-c1ccccc1. The largest absolute Gasteiger partial charge is 0.485 e. The van der Waals surface area contributed by atoms with Gasteiger partial charge in [0.2, 0.25) is 0 Å². The van der Waals surface area contributed by atoms with E-state index in [-0.39, 0.29) is 24.3 Å². The van der Waals surface area contributed by atoms with Crippen LogP contribution in [0.1, 0.15) is 32.1 Å². The molecule has 3 aromatic carbocycles. The molecule has 1 aromatic heterocycles. The van der Waals surface area contributed by atoms with Crippen LogP contribution in [0.25, 0.3) is 5.69 Å². The highest BCUT2D eigenvalue weighted by atomic mass is 32.2. The van der Waals surface area contributed by atoms with Crippen LogP contribution in [0.2, 0.25) is 0 Å². The molecule has 7 nitrogen and oxygen atoms in total. The van der Waals surface area contributed by atoms with Crippen molar-refractivity contribution < 1.29 is 14.3 Å². The highest BCUT2D eigenvalue weighted by Crippen LogP contribution is 2.28. The minimum atomic E-state index is -0.294. The predicted octanol–water partition coefficient (Wildman–Crippen LogP) is 4.50. The van der Waals surface area contributed by atoms with Crippen LogP contribution in [0.5, 0.6) is 5.75 Å². The van der Waals surface area contributed by atoms with E-state index >= 15 is 0 Å². The zero-order chi connectivity index (χ0) is 22.8. The van der Waals surface area contributed by atoms with Gasteiger partial charge in [0.25, 0.3) is 11.8 Å². The van der Waals surface area contributed by atoms with Crippen molar-refractivity contribution in [2.45, 2.75) is 18.7 Å². The number of hydrogen-bond acceptors (Lipinski definition) is 6. The van der Waals surface area contributed by atoms with Gasteiger partial charge in [0, 0.05) is 5.69 Å². The molecular formula is C25H20N4O3S. The highest BCUT2D eigenvalue weighted by Gasteiger charge is 2.35. The number of aryl methyl sites for hydroxylation is 1. The van der Waals surface area contributed by atoms with Gasteiger partial charge >= 0.3 is 0 Å². The van der Waals surface area contributed by atoms with Gasteiger partial charge in [0.05, 0.1) is 17.0 Å². The van der Waals surface area contributed by atoms with Crippen LogP contribution in [-0.2, 0) is 6.61 Å². The normalized spacial score (nSPS) is 12.8. The van der Waals surface area contributed by atoms with Crippen LogP contribution in [-0.4, -0.2) is 37.4 Å². The van der Waals surface area contributed by atoms with E-state index in [1.54, 1.807) is 24.3 Å². The third-order valence-electron chi connectivity index (χ3n) is 5.37. The molecule has 2 amide bonds. The summed E-state index contributed by atoms with van der Waals surface area (Å²) in [6.07, 6.45) is 0. The average Bonchev–Trinajstić information content (AvgIpc) is 3.36. The average molecular weight is 457 g/mol. The van der Waals surface area contributed by atoms with Crippen LogP contribution in [0, 0.1) is 6.92 Å². The minimum Gasteiger partial charge on any atom is -0.485 e. The monoisotopic (exact) mass is 456 g/mol. The summed E-state index contributed by atoms with van der Waals surface area (Å²) in [5.74, 6) is 0.944. The van der Waals surface area contributed by atoms with Gasteiger partial charge in [-0.3, -0.25) is 19.1 Å². The van der Waals surface area contributed by atoms with E-state index in [9.17, 15) is 9.59 Å². The van der Waals surface area contributed by atoms with Gasteiger partial charge in [-0.2, -0.15) is 0 Å². The molecule has 33 heavy (non-hydrogen) atoms. The molecule has 4 aromatic rings. The number of hydrogen-bond donors (Lipinski definition) is 0. The maximum Gasteiger partial charge on any atom is 0.262 e. The van der Waals surface area contributed by atoms with E-state index in [4.69, 9.17) is 4.74 Å². The first kappa shape index (κ1) is 21.0. The Morgan fingerprint density at radius 1 is 0.818 bits per heavy atom. The third-order valence-corrected chi connectivity index (χ3v) is 6.28. The fraction of sp³-hybridized carbons (Fsp3) is 0.120. The number of rotatable bonds is 7. The lowest BCUT2D eigenvalue weighted by Crippen LogP contribution is -2.29. The number of thioether (sulfide) groups is 1. The molecule has 1 aliphatic rings.